The van der Waals surface area contributed by atoms with Gasteiger partial charge in [0.15, 0.2) is 0 Å². The minimum absolute atomic E-state index is 0.0590. The number of imidazole rings is 1. The van der Waals surface area contributed by atoms with E-state index in [0.717, 1.165) is 10.6 Å². The molecular weight excluding hydrogens is 331 g/mol. The van der Waals surface area contributed by atoms with Crippen LogP contribution in [0.25, 0.3) is 16.7 Å². The van der Waals surface area contributed by atoms with E-state index < -0.39 is 17.4 Å². The van der Waals surface area contributed by atoms with Crippen LogP contribution in [0.1, 0.15) is 11.1 Å². The van der Waals surface area contributed by atoms with E-state index in [1.807, 2.05) is 0 Å². The molecule has 0 aliphatic heterocycles. The summed E-state index contributed by atoms with van der Waals surface area (Å²) in [5, 5.41) is 9.27. The molecule has 0 atom stereocenters. The second kappa shape index (κ2) is 5.18. The Labute approximate surface area is 132 Å². The van der Waals surface area contributed by atoms with Crippen LogP contribution in [0.15, 0.2) is 41.2 Å². The average Bonchev–Trinajstić information content (AvgIpc) is 2.81. The van der Waals surface area contributed by atoms with E-state index in [-0.39, 0.29) is 22.3 Å². The van der Waals surface area contributed by atoms with Crippen LogP contribution in [0, 0.1) is 11.3 Å². The fraction of sp³-hybridized carbons (Fsp3) is 0.0667. The van der Waals surface area contributed by atoms with Gasteiger partial charge in [0.1, 0.15) is 0 Å². The van der Waals surface area contributed by atoms with Crippen molar-refractivity contribution >= 4 is 22.6 Å². The van der Waals surface area contributed by atoms with Crippen LogP contribution in [0.4, 0.5) is 13.2 Å². The molecule has 1 heterocycles. The first-order valence-electron chi connectivity index (χ1n) is 6.33. The van der Waals surface area contributed by atoms with Gasteiger partial charge in [0.25, 0.3) is 0 Å². The Morgan fingerprint density at radius 3 is 2.39 bits per heavy atom. The highest BCUT2D eigenvalue weighted by Crippen LogP contribution is 2.35. The van der Waals surface area contributed by atoms with E-state index >= 15 is 0 Å². The Bertz CT molecular complexity index is 994. The lowest BCUT2D eigenvalue weighted by atomic mass is 10.1. The molecule has 116 valence electrons. The molecule has 2 aromatic carbocycles. The number of alkyl halides is 3. The van der Waals surface area contributed by atoms with Gasteiger partial charge in [-0.1, -0.05) is 11.6 Å². The number of aromatic amines is 1. The fourth-order valence-corrected chi connectivity index (χ4v) is 2.49. The number of nitrogens with zero attached hydrogens (tertiary/aromatic N) is 2. The lowest BCUT2D eigenvalue weighted by Crippen LogP contribution is -2.16. The Hall–Kier alpha value is -2.72. The molecule has 0 aliphatic carbocycles. The zero-order valence-corrected chi connectivity index (χ0v) is 12.0. The normalized spacial score (nSPS) is 11.6. The first kappa shape index (κ1) is 15.2. The first-order valence-corrected chi connectivity index (χ1v) is 6.71. The quantitative estimate of drug-likeness (QED) is 0.733. The number of hydrogen-bond donors (Lipinski definition) is 1. The van der Waals surface area contributed by atoms with E-state index in [2.05, 4.69) is 4.98 Å². The van der Waals surface area contributed by atoms with Crippen LogP contribution >= 0.6 is 11.6 Å². The van der Waals surface area contributed by atoms with Crippen LogP contribution in [0.5, 0.6) is 0 Å². The van der Waals surface area contributed by atoms with Crippen molar-refractivity contribution < 1.29 is 13.2 Å². The van der Waals surface area contributed by atoms with E-state index in [4.69, 9.17) is 16.9 Å². The molecule has 0 aliphatic rings. The van der Waals surface area contributed by atoms with E-state index in [0.29, 0.717) is 5.02 Å². The maximum absolute atomic E-state index is 13.3. The number of nitrogens with one attached hydrogen (secondary N) is 1. The van der Waals surface area contributed by atoms with Crippen LogP contribution in [-0.2, 0) is 6.18 Å². The van der Waals surface area contributed by atoms with Crippen molar-refractivity contribution in [1.82, 2.24) is 9.55 Å². The van der Waals surface area contributed by atoms with Gasteiger partial charge in [0, 0.05) is 5.02 Å². The number of nitriles is 1. The third kappa shape index (κ3) is 2.58. The third-order valence-electron chi connectivity index (χ3n) is 3.30. The maximum atomic E-state index is 13.3. The number of benzene rings is 2. The molecule has 1 N–H and O–H groups in total. The van der Waals surface area contributed by atoms with Crippen molar-refractivity contribution in [3.8, 4) is 11.8 Å². The van der Waals surface area contributed by atoms with E-state index in [1.54, 1.807) is 6.07 Å². The molecule has 4 nitrogen and oxygen atoms in total. The number of fused-ring (bicyclic) bond motifs is 1. The minimum Gasteiger partial charge on any atom is -0.305 e. The van der Waals surface area contributed by atoms with Gasteiger partial charge in [-0.25, -0.2) is 4.79 Å². The molecule has 8 heteroatoms. The molecule has 0 fully saturated rings. The van der Waals surface area contributed by atoms with Crippen molar-refractivity contribution in [1.29, 1.82) is 5.26 Å². The number of rotatable bonds is 1. The summed E-state index contributed by atoms with van der Waals surface area (Å²) in [4.78, 5) is 14.5. The smallest absolute Gasteiger partial charge is 0.305 e. The second-order valence-corrected chi connectivity index (χ2v) is 5.21. The summed E-state index contributed by atoms with van der Waals surface area (Å²) in [5.74, 6) is 0. The van der Waals surface area contributed by atoms with Crippen molar-refractivity contribution in [2.75, 3.05) is 0 Å². The SMILES string of the molecule is N#Cc1cc(C(F)(F)F)c2c(c1)[nH]c(=O)n2-c1ccc(Cl)cc1. The summed E-state index contributed by atoms with van der Waals surface area (Å²) >= 11 is 5.76. The van der Waals surface area contributed by atoms with Gasteiger partial charge in [-0.05, 0) is 36.4 Å². The molecule has 0 unspecified atom stereocenters. The summed E-state index contributed by atoms with van der Waals surface area (Å²) in [6, 6.07) is 9.41. The van der Waals surface area contributed by atoms with Gasteiger partial charge in [-0.3, -0.25) is 4.57 Å². The van der Waals surface area contributed by atoms with E-state index in [9.17, 15) is 18.0 Å². The first-order chi connectivity index (χ1) is 10.8. The Morgan fingerprint density at radius 1 is 1.17 bits per heavy atom. The second-order valence-electron chi connectivity index (χ2n) is 4.77. The minimum atomic E-state index is -4.71. The zero-order chi connectivity index (χ0) is 16.8. The van der Waals surface area contributed by atoms with Crippen molar-refractivity contribution in [3.63, 3.8) is 0 Å². The molecule has 3 rings (SSSR count). The van der Waals surface area contributed by atoms with Crippen LogP contribution in [-0.4, -0.2) is 9.55 Å². The highest BCUT2D eigenvalue weighted by Gasteiger charge is 2.35. The standard InChI is InChI=1S/C15H7ClF3N3O/c16-9-1-3-10(4-2-9)22-13-11(15(17,18)19)5-8(7-20)6-12(13)21-14(22)23/h1-6H,(H,21,23). The van der Waals surface area contributed by atoms with Crippen molar-refractivity contribution in [2.24, 2.45) is 0 Å². The number of aromatic nitrogens is 2. The van der Waals surface area contributed by atoms with Crippen molar-refractivity contribution in [2.45, 2.75) is 6.18 Å². The van der Waals surface area contributed by atoms with Crippen LogP contribution in [0.2, 0.25) is 5.02 Å². The molecule has 23 heavy (non-hydrogen) atoms. The molecule has 0 saturated heterocycles. The molecule has 0 bridgehead atoms. The number of halogens is 4. The molecule has 0 amide bonds. The molecule has 1 aromatic heterocycles. The topological polar surface area (TPSA) is 61.6 Å². The van der Waals surface area contributed by atoms with Gasteiger partial charge in [-0.15, -0.1) is 0 Å². The lowest BCUT2D eigenvalue weighted by Gasteiger charge is -2.11. The summed E-state index contributed by atoms with van der Waals surface area (Å²) < 4.78 is 40.9. The Kier molecular flexibility index (Phi) is 3.42. The summed E-state index contributed by atoms with van der Waals surface area (Å²) in [5.41, 5.74) is -2.13. The third-order valence-corrected chi connectivity index (χ3v) is 3.55. The molecule has 0 radical (unpaired) electrons. The Balaban J connectivity index is 2.44. The maximum Gasteiger partial charge on any atom is 0.418 e. The van der Waals surface area contributed by atoms with Crippen molar-refractivity contribution in [3.05, 3.63) is 63.0 Å². The van der Waals surface area contributed by atoms with E-state index in [1.165, 1.54) is 30.3 Å². The Morgan fingerprint density at radius 2 is 1.83 bits per heavy atom. The summed E-state index contributed by atoms with van der Waals surface area (Å²) in [6.07, 6.45) is -4.71. The van der Waals surface area contributed by atoms with Gasteiger partial charge < -0.3 is 4.98 Å². The molecule has 3 aromatic rings. The van der Waals surface area contributed by atoms with Gasteiger partial charge in [0.05, 0.1) is 33.9 Å². The predicted molar refractivity (Wildman–Crippen MR) is 78.6 cm³/mol. The zero-order valence-electron chi connectivity index (χ0n) is 11.3. The van der Waals surface area contributed by atoms with Crippen LogP contribution < -0.4 is 5.69 Å². The highest BCUT2D eigenvalue weighted by atomic mass is 35.5. The average molecular weight is 338 g/mol. The lowest BCUT2D eigenvalue weighted by molar-refractivity contribution is -0.136. The highest BCUT2D eigenvalue weighted by molar-refractivity contribution is 6.30. The van der Waals surface area contributed by atoms with Gasteiger partial charge in [-0.2, -0.15) is 18.4 Å². The number of H-pyrrole nitrogens is 1. The monoisotopic (exact) mass is 337 g/mol. The predicted octanol–water partition coefficient (Wildman–Crippen LogP) is 3.86. The largest absolute Gasteiger partial charge is 0.418 e. The number of hydrogen-bond acceptors (Lipinski definition) is 2. The molecule has 0 saturated carbocycles. The summed E-state index contributed by atoms with van der Waals surface area (Å²) in [6.45, 7) is 0. The summed E-state index contributed by atoms with van der Waals surface area (Å²) in [7, 11) is 0. The fourth-order valence-electron chi connectivity index (χ4n) is 2.36. The molecular formula is C15H7ClF3N3O. The van der Waals surface area contributed by atoms with Crippen LogP contribution in [0.3, 0.4) is 0 Å². The molecule has 0 spiro atoms. The van der Waals surface area contributed by atoms with Gasteiger partial charge >= 0.3 is 11.9 Å². The van der Waals surface area contributed by atoms with Gasteiger partial charge in [0.2, 0.25) is 0 Å².